The van der Waals surface area contributed by atoms with Gasteiger partial charge in [0.1, 0.15) is 16.8 Å². The molecule has 0 aliphatic carbocycles. The zero-order chi connectivity index (χ0) is 12.2. The molecular weight excluding hydrogens is 215 g/mol. The molecule has 0 N–H and O–H groups in total. The third kappa shape index (κ3) is 1.30. The van der Waals surface area contributed by atoms with Crippen molar-refractivity contribution in [1.82, 2.24) is 18.7 Å². The van der Waals surface area contributed by atoms with Crippen LogP contribution < -0.4 is 5.56 Å². The van der Waals surface area contributed by atoms with Crippen molar-refractivity contribution in [2.45, 2.75) is 6.92 Å². The van der Waals surface area contributed by atoms with Gasteiger partial charge in [0.05, 0.1) is 5.69 Å². The third-order valence-electron chi connectivity index (χ3n) is 2.81. The first-order chi connectivity index (χ1) is 8.09. The minimum Gasteiger partial charge on any atom is -0.332 e. The van der Waals surface area contributed by atoms with Crippen molar-refractivity contribution in [2.75, 3.05) is 14.1 Å². The van der Waals surface area contributed by atoms with Crippen LogP contribution in [0.1, 0.15) is 5.69 Å². The highest BCUT2D eigenvalue weighted by Crippen LogP contribution is 2.16. The van der Waals surface area contributed by atoms with Gasteiger partial charge in [0, 0.05) is 0 Å². The smallest absolute Gasteiger partial charge is 0.332 e. The molecule has 0 aliphatic heterocycles. The average molecular weight is 227 g/mol. The Hall–Kier alpha value is -1.82. The molecule has 17 heavy (non-hydrogen) atoms. The summed E-state index contributed by atoms with van der Waals surface area (Å²) >= 11 is 0. The molecule has 0 aliphatic rings. The van der Waals surface area contributed by atoms with Gasteiger partial charge >= 0.3 is 7.55 Å². The normalized spacial score (nSPS) is 12.0. The van der Waals surface area contributed by atoms with Gasteiger partial charge in [0.25, 0.3) is 5.56 Å². The molecule has 85 valence electrons. The predicted octanol–water partition coefficient (Wildman–Crippen LogP) is 0.339. The largest absolute Gasteiger partial charge is 0.361 e. The number of hydrogen-bond acceptors (Lipinski definition) is 3. The number of aryl methyl sites for hydroxylation is 1. The van der Waals surface area contributed by atoms with Gasteiger partial charge in [-0.25, -0.2) is 4.98 Å². The highest BCUT2D eigenvalue weighted by Gasteiger charge is 2.18. The molecule has 0 bridgehead atoms. The molecule has 0 spiro atoms. The van der Waals surface area contributed by atoms with E-state index < -0.39 is 0 Å². The van der Waals surface area contributed by atoms with Crippen LogP contribution in [0.15, 0.2) is 23.0 Å². The Balaban J connectivity index is 2.47. The number of imidazole rings is 2. The van der Waals surface area contributed by atoms with Crippen LogP contribution in [0.2, 0.25) is 0 Å². The van der Waals surface area contributed by atoms with E-state index in [2.05, 4.69) is 4.98 Å². The monoisotopic (exact) mass is 227 g/mol. The minimum absolute atomic E-state index is 0.0232. The highest BCUT2D eigenvalue weighted by molar-refractivity contribution is 6.31. The maximum absolute atomic E-state index is 12.3. The summed E-state index contributed by atoms with van der Waals surface area (Å²) < 4.78 is 3.55. The van der Waals surface area contributed by atoms with Gasteiger partial charge in [-0.05, 0) is 33.2 Å². The minimum atomic E-state index is -0.0232. The van der Waals surface area contributed by atoms with Gasteiger partial charge in [-0.3, -0.25) is 9.20 Å². The molecule has 0 amide bonds. The second-order valence-electron chi connectivity index (χ2n) is 4.38. The number of nitrogens with zero attached hydrogens (tertiary/aromatic N) is 4. The molecule has 3 aromatic rings. The summed E-state index contributed by atoms with van der Waals surface area (Å²) in [4.78, 5) is 18.5. The van der Waals surface area contributed by atoms with Crippen LogP contribution in [0.5, 0.6) is 0 Å². The quantitative estimate of drug-likeness (QED) is 0.593. The van der Waals surface area contributed by atoms with E-state index in [0.29, 0.717) is 5.52 Å². The summed E-state index contributed by atoms with van der Waals surface area (Å²) in [7, 11) is 5.57. The molecule has 3 rings (SSSR count). The Morgan fingerprint density at radius 1 is 1.35 bits per heavy atom. The summed E-state index contributed by atoms with van der Waals surface area (Å²) in [6.45, 7) is 1.86. The molecule has 1 radical (unpaired) electrons. The lowest BCUT2D eigenvalue weighted by molar-refractivity contribution is 0.648. The lowest BCUT2D eigenvalue weighted by Gasteiger charge is -2.08. The van der Waals surface area contributed by atoms with E-state index in [1.807, 2.05) is 48.4 Å². The van der Waals surface area contributed by atoms with Crippen molar-refractivity contribution in [2.24, 2.45) is 0 Å². The van der Waals surface area contributed by atoms with Gasteiger partial charge in [0.2, 0.25) is 0 Å². The van der Waals surface area contributed by atoms with Gasteiger partial charge < -0.3 is 9.29 Å². The van der Waals surface area contributed by atoms with Gasteiger partial charge in [-0.2, -0.15) is 0 Å². The van der Waals surface area contributed by atoms with Crippen LogP contribution in [0.3, 0.4) is 0 Å². The van der Waals surface area contributed by atoms with Crippen LogP contribution in [0.25, 0.3) is 16.8 Å². The number of rotatable bonds is 2. The zero-order valence-electron chi connectivity index (χ0n) is 10.0. The van der Waals surface area contributed by atoms with E-state index in [4.69, 9.17) is 0 Å². The zero-order valence-corrected chi connectivity index (χ0v) is 10.0. The van der Waals surface area contributed by atoms with E-state index in [1.165, 1.54) is 0 Å². The van der Waals surface area contributed by atoms with Crippen LogP contribution in [0, 0.1) is 6.92 Å². The maximum atomic E-state index is 12.3. The second-order valence-corrected chi connectivity index (χ2v) is 4.38. The third-order valence-corrected chi connectivity index (χ3v) is 2.81. The Bertz CT molecular complexity index is 743. The molecule has 0 saturated carbocycles. The van der Waals surface area contributed by atoms with Crippen LogP contribution in [-0.2, 0) is 0 Å². The Labute approximate surface area is 98.9 Å². The fourth-order valence-corrected chi connectivity index (χ4v) is 2.19. The summed E-state index contributed by atoms with van der Waals surface area (Å²) in [5, 5.41) is 0. The SMILES string of the molecule is Cc1nc2cccc3n([B]N(C)C)c(=O)c1n23. The number of aromatic nitrogens is 3. The molecule has 0 unspecified atom stereocenters. The first kappa shape index (κ1) is 10.3. The van der Waals surface area contributed by atoms with Crippen LogP contribution >= 0.6 is 0 Å². The van der Waals surface area contributed by atoms with Crippen molar-refractivity contribution < 1.29 is 0 Å². The van der Waals surface area contributed by atoms with E-state index in [9.17, 15) is 4.79 Å². The van der Waals surface area contributed by atoms with Crippen molar-refractivity contribution in [3.63, 3.8) is 0 Å². The lowest BCUT2D eigenvalue weighted by Crippen LogP contribution is -2.31. The van der Waals surface area contributed by atoms with E-state index in [1.54, 1.807) is 12.0 Å². The van der Waals surface area contributed by atoms with E-state index in [-0.39, 0.29) is 5.56 Å². The molecule has 0 atom stereocenters. The van der Waals surface area contributed by atoms with Crippen molar-refractivity contribution in [3.8, 4) is 0 Å². The first-order valence-corrected chi connectivity index (χ1v) is 5.42. The predicted molar refractivity (Wildman–Crippen MR) is 67.7 cm³/mol. The Kier molecular flexibility index (Phi) is 2.03. The maximum Gasteiger partial charge on any atom is 0.361 e. The van der Waals surface area contributed by atoms with E-state index in [0.717, 1.165) is 17.0 Å². The fourth-order valence-electron chi connectivity index (χ4n) is 2.19. The number of pyridine rings is 1. The molecule has 3 aromatic heterocycles. The standard InChI is InChI=1S/C11H12BN4O/c1-7-10-11(17)16(12-14(2)3)9-6-4-5-8(13-7)15(9)10/h4-6H,1-3H3. The van der Waals surface area contributed by atoms with Gasteiger partial charge in [-0.15, -0.1) is 0 Å². The summed E-state index contributed by atoms with van der Waals surface area (Å²) in [6.07, 6.45) is 0. The summed E-state index contributed by atoms with van der Waals surface area (Å²) in [5.41, 5.74) is 3.07. The second kappa shape index (κ2) is 3.34. The topological polar surface area (TPSA) is 42.5 Å². The van der Waals surface area contributed by atoms with Crippen LogP contribution in [0.4, 0.5) is 0 Å². The average Bonchev–Trinajstić information content (AvgIpc) is 2.73. The molecule has 0 saturated heterocycles. The van der Waals surface area contributed by atoms with Crippen molar-refractivity contribution >= 4 is 24.4 Å². The molecule has 5 nitrogen and oxygen atoms in total. The summed E-state index contributed by atoms with van der Waals surface area (Å²) in [5.74, 6) is 0. The lowest BCUT2D eigenvalue weighted by atomic mass is 10.1. The Morgan fingerprint density at radius 3 is 2.82 bits per heavy atom. The highest BCUT2D eigenvalue weighted by atomic mass is 16.1. The number of hydrogen-bond donors (Lipinski definition) is 0. The molecule has 6 heteroatoms. The van der Waals surface area contributed by atoms with E-state index >= 15 is 0 Å². The van der Waals surface area contributed by atoms with Crippen molar-refractivity contribution in [1.29, 1.82) is 0 Å². The molecule has 0 aromatic carbocycles. The van der Waals surface area contributed by atoms with Crippen molar-refractivity contribution in [3.05, 3.63) is 34.2 Å². The van der Waals surface area contributed by atoms with Gasteiger partial charge in [-0.1, -0.05) is 6.07 Å². The molecule has 0 fully saturated rings. The van der Waals surface area contributed by atoms with Crippen LogP contribution in [-0.4, -0.2) is 40.3 Å². The molecule has 3 heterocycles. The molecular formula is C11H12BN4O. The Morgan fingerprint density at radius 2 is 2.12 bits per heavy atom. The fraction of sp³-hybridized carbons (Fsp3) is 0.273. The van der Waals surface area contributed by atoms with Gasteiger partial charge in [0.15, 0.2) is 0 Å². The first-order valence-electron chi connectivity index (χ1n) is 5.42. The summed E-state index contributed by atoms with van der Waals surface area (Å²) in [6, 6.07) is 5.74.